The molecule has 1 unspecified atom stereocenters. The van der Waals surface area contributed by atoms with Gasteiger partial charge in [-0.3, -0.25) is 14.4 Å². The van der Waals surface area contributed by atoms with Gasteiger partial charge in [-0.1, -0.05) is 23.7 Å². The Bertz CT molecular complexity index is 775. The molecule has 6 nitrogen and oxygen atoms in total. The van der Waals surface area contributed by atoms with Crippen molar-refractivity contribution in [2.24, 2.45) is 5.73 Å². The number of nitrogens with two attached hydrogens (primary N) is 1. The zero-order valence-electron chi connectivity index (χ0n) is 12.9. The first-order chi connectivity index (χ1) is 11.4. The van der Waals surface area contributed by atoms with Gasteiger partial charge in [0.2, 0.25) is 11.8 Å². The predicted octanol–water partition coefficient (Wildman–Crippen LogP) is 2.20. The summed E-state index contributed by atoms with van der Waals surface area (Å²) in [5.41, 5.74) is 6.28. The largest absolute Gasteiger partial charge is 0.366 e. The monoisotopic (exact) mass is 345 g/mol. The molecule has 0 aliphatic heterocycles. The van der Waals surface area contributed by atoms with Crippen LogP contribution in [0.2, 0.25) is 5.02 Å². The molecule has 24 heavy (non-hydrogen) atoms. The van der Waals surface area contributed by atoms with E-state index < -0.39 is 23.8 Å². The van der Waals surface area contributed by atoms with E-state index in [2.05, 4.69) is 10.6 Å². The van der Waals surface area contributed by atoms with E-state index in [1.807, 2.05) is 0 Å². The third kappa shape index (κ3) is 4.33. The summed E-state index contributed by atoms with van der Waals surface area (Å²) in [6.45, 7) is 1.56. The molecular weight excluding hydrogens is 330 g/mol. The van der Waals surface area contributed by atoms with Gasteiger partial charge in [-0.2, -0.15) is 0 Å². The number of rotatable bonds is 5. The minimum Gasteiger partial charge on any atom is -0.366 e. The number of carbonyl (C=O) groups excluding carboxylic acids is 3. The van der Waals surface area contributed by atoms with Crippen molar-refractivity contribution < 1.29 is 14.4 Å². The lowest BCUT2D eigenvalue weighted by Gasteiger charge is -2.15. The van der Waals surface area contributed by atoms with Crippen LogP contribution in [0.4, 0.5) is 5.69 Å². The van der Waals surface area contributed by atoms with Crippen LogP contribution in [0, 0.1) is 0 Å². The molecule has 7 heteroatoms. The molecule has 124 valence electrons. The van der Waals surface area contributed by atoms with Crippen molar-refractivity contribution in [3.05, 3.63) is 64.7 Å². The number of benzene rings is 2. The van der Waals surface area contributed by atoms with Crippen molar-refractivity contribution in [2.45, 2.75) is 13.0 Å². The Balaban J connectivity index is 1.98. The first-order valence-corrected chi connectivity index (χ1v) is 7.52. The lowest BCUT2D eigenvalue weighted by Crippen LogP contribution is -2.41. The van der Waals surface area contributed by atoms with E-state index in [1.165, 1.54) is 12.1 Å². The number of amides is 3. The van der Waals surface area contributed by atoms with Crippen LogP contribution in [0.5, 0.6) is 0 Å². The van der Waals surface area contributed by atoms with Crippen molar-refractivity contribution in [2.75, 3.05) is 5.32 Å². The molecule has 0 aromatic heterocycles. The average Bonchev–Trinajstić information content (AvgIpc) is 2.55. The first kappa shape index (κ1) is 17.5. The minimum atomic E-state index is -0.774. The van der Waals surface area contributed by atoms with Gasteiger partial charge < -0.3 is 16.4 Å². The highest BCUT2D eigenvalue weighted by Crippen LogP contribution is 2.15. The molecule has 3 amide bonds. The molecule has 4 N–H and O–H groups in total. The van der Waals surface area contributed by atoms with Gasteiger partial charge in [0, 0.05) is 11.3 Å². The lowest BCUT2D eigenvalue weighted by molar-refractivity contribution is -0.117. The van der Waals surface area contributed by atoms with Gasteiger partial charge in [-0.15, -0.1) is 0 Å². The Hall–Kier alpha value is -2.86. The highest BCUT2D eigenvalue weighted by molar-refractivity contribution is 6.33. The van der Waals surface area contributed by atoms with E-state index in [0.29, 0.717) is 21.8 Å². The smallest absolute Gasteiger partial charge is 0.253 e. The van der Waals surface area contributed by atoms with Crippen molar-refractivity contribution in [1.82, 2.24) is 5.32 Å². The number of hydrogen-bond acceptors (Lipinski definition) is 3. The number of nitrogens with one attached hydrogen (secondary N) is 2. The third-order valence-corrected chi connectivity index (χ3v) is 3.63. The van der Waals surface area contributed by atoms with Gasteiger partial charge in [0.05, 0.1) is 10.6 Å². The molecule has 2 aromatic carbocycles. The molecule has 2 rings (SSSR count). The summed E-state index contributed by atoms with van der Waals surface area (Å²) in [6, 6.07) is 11.9. The van der Waals surface area contributed by atoms with Crippen LogP contribution < -0.4 is 16.4 Å². The van der Waals surface area contributed by atoms with Gasteiger partial charge in [-0.05, 0) is 43.3 Å². The van der Waals surface area contributed by atoms with Gasteiger partial charge in [-0.25, -0.2) is 0 Å². The van der Waals surface area contributed by atoms with E-state index in [1.54, 1.807) is 43.3 Å². The van der Waals surface area contributed by atoms with Gasteiger partial charge >= 0.3 is 0 Å². The molecule has 0 heterocycles. The molecule has 0 aliphatic rings. The van der Waals surface area contributed by atoms with Crippen LogP contribution in [0.3, 0.4) is 0 Å². The molecule has 1 atom stereocenters. The van der Waals surface area contributed by atoms with Crippen molar-refractivity contribution >= 4 is 35.0 Å². The Morgan fingerprint density at radius 3 is 2.25 bits per heavy atom. The Morgan fingerprint density at radius 1 is 1.04 bits per heavy atom. The van der Waals surface area contributed by atoms with E-state index in [0.717, 1.165) is 0 Å². The summed E-state index contributed by atoms with van der Waals surface area (Å²) in [5.74, 6) is -1.39. The average molecular weight is 346 g/mol. The molecular formula is C17H16ClN3O3. The number of hydrogen-bond donors (Lipinski definition) is 3. The number of anilines is 1. The van der Waals surface area contributed by atoms with E-state index in [4.69, 9.17) is 17.3 Å². The number of halogens is 1. The summed E-state index contributed by atoms with van der Waals surface area (Å²) in [7, 11) is 0. The standard InChI is InChI=1S/C17H16ClN3O3/c1-10(20-17(24)13-4-2-3-5-14(13)18)16(23)21-12-8-6-11(7-9-12)15(19)22/h2-10H,1H3,(H2,19,22)(H,20,24)(H,21,23). The maximum atomic E-state index is 12.1. The Morgan fingerprint density at radius 2 is 1.67 bits per heavy atom. The van der Waals surface area contributed by atoms with E-state index in [-0.39, 0.29) is 0 Å². The zero-order chi connectivity index (χ0) is 17.7. The highest BCUT2D eigenvalue weighted by Gasteiger charge is 2.18. The quantitative estimate of drug-likeness (QED) is 0.774. The van der Waals surface area contributed by atoms with Crippen LogP contribution in [-0.4, -0.2) is 23.8 Å². The van der Waals surface area contributed by atoms with E-state index >= 15 is 0 Å². The number of primary amides is 1. The molecule has 0 spiro atoms. The Kier molecular flexibility index (Phi) is 5.55. The highest BCUT2D eigenvalue weighted by atomic mass is 35.5. The van der Waals surface area contributed by atoms with Crippen LogP contribution >= 0.6 is 11.6 Å². The molecule has 0 fully saturated rings. The van der Waals surface area contributed by atoms with Crippen molar-refractivity contribution in [3.8, 4) is 0 Å². The van der Waals surface area contributed by atoms with Crippen LogP contribution in [-0.2, 0) is 4.79 Å². The zero-order valence-corrected chi connectivity index (χ0v) is 13.6. The van der Waals surface area contributed by atoms with Crippen LogP contribution in [0.25, 0.3) is 0 Å². The molecule has 0 saturated carbocycles. The summed E-state index contributed by atoms with van der Waals surface area (Å²) in [6.07, 6.45) is 0. The summed E-state index contributed by atoms with van der Waals surface area (Å²) in [5, 5.41) is 5.53. The second-order valence-corrected chi connectivity index (χ2v) is 5.51. The van der Waals surface area contributed by atoms with Crippen LogP contribution in [0.15, 0.2) is 48.5 Å². The maximum Gasteiger partial charge on any atom is 0.253 e. The van der Waals surface area contributed by atoms with Gasteiger partial charge in [0.25, 0.3) is 5.91 Å². The van der Waals surface area contributed by atoms with E-state index in [9.17, 15) is 14.4 Å². The topological polar surface area (TPSA) is 101 Å². The molecule has 0 bridgehead atoms. The second kappa shape index (κ2) is 7.61. The third-order valence-electron chi connectivity index (χ3n) is 3.30. The molecule has 0 saturated heterocycles. The molecule has 2 aromatic rings. The first-order valence-electron chi connectivity index (χ1n) is 7.14. The SMILES string of the molecule is CC(NC(=O)c1ccccc1Cl)C(=O)Nc1ccc(C(N)=O)cc1. The maximum absolute atomic E-state index is 12.1. The summed E-state index contributed by atoms with van der Waals surface area (Å²) < 4.78 is 0. The lowest BCUT2D eigenvalue weighted by atomic mass is 10.2. The fourth-order valence-corrected chi connectivity index (χ4v) is 2.18. The van der Waals surface area contributed by atoms with Gasteiger partial charge in [0.15, 0.2) is 0 Å². The molecule has 0 radical (unpaired) electrons. The predicted molar refractivity (Wildman–Crippen MR) is 92.0 cm³/mol. The normalized spacial score (nSPS) is 11.4. The minimum absolute atomic E-state index is 0.296. The Labute approximate surface area is 144 Å². The summed E-state index contributed by atoms with van der Waals surface area (Å²) in [4.78, 5) is 35.3. The van der Waals surface area contributed by atoms with Crippen LogP contribution in [0.1, 0.15) is 27.6 Å². The fourth-order valence-electron chi connectivity index (χ4n) is 1.95. The summed E-state index contributed by atoms with van der Waals surface area (Å²) >= 11 is 5.95. The second-order valence-electron chi connectivity index (χ2n) is 5.11. The molecule has 0 aliphatic carbocycles. The fraction of sp³-hybridized carbons (Fsp3) is 0.118. The number of carbonyl (C=O) groups is 3. The van der Waals surface area contributed by atoms with Crippen molar-refractivity contribution in [1.29, 1.82) is 0 Å². The van der Waals surface area contributed by atoms with Crippen molar-refractivity contribution in [3.63, 3.8) is 0 Å². The van der Waals surface area contributed by atoms with Gasteiger partial charge in [0.1, 0.15) is 6.04 Å².